The lowest BCUT2D eigenvalue weighted by Gasteiger charge is -2.08. The Morgan fingerprint density at radius 2 is 2.38 bits per heavy atom. The molecule has 0 saturated carbocycles. The maximum Gasteiger partial charge on any atom is 0.312 e. The monoisotopic (exact) mass is 215 g/mol. The minimum Gasteiger partial charge on any atom is -0.481 e. The van der Waals surface area contributed by atoms with Crippen LogP contribution in [0.3, 0.4) is 0 Å². The van der Waals surface area contributed by atoms with Crippen LogP contribution in [-0.4, -0.2) is 16.1 Å². The second-order valence-electron chi connectivity index (χ2n) is 2.66. The molecule has 0 aliphatic rings. The minimum atomic E-state index is -0.896. The summed E-state index contributed by atoms with van der Waals surface area (Å²) in [5.74, 6) is -1.51. The number of carboxylic acid groups (broad SMARTS) is 1. The zero-order valence-electron chi connectivity index (χ0n) is 6.94. The molecular formula is C8H9NO2S2. The third-order valence-electron chi connectivity index (χ3n) is 1.77. The number of aromatic nitrogens is 1. The molecule has 0 bridgehead atoms. The Balaban J connectivity index is 3.23. The molecule has 0 saturated heterocycles. The van der Waals surface area contributed by atoms with E-state index in [1.54, 1.807) is 19.2 Å². The second-order valence-corrected chi connectivity index (χ2v) is 3.55. The molecule has 1 unspecified atom stereocenters. The fourth-order valence-corrected chi connectivity index (χ4v) is 1.45. The quantitative estimate of drug-likeness (QED) is 0.524. The number of carbonyl (C=O) groups is 1. The van der Waals surface area contributed by atoms with E-state index in [0.29, 0.717) is 15.1 Å². The normalized spacial score (nSPS) is 12.5. The van der Waals surface area contributed by atoms with Crippen LogP contribution in [0, 0.1) is 4.51 Å². The summed E-state index contributed by atoms with van der Waals surface area (Å²) in [5, 5.41) is 8.76. The average Bonchev–Trinajstić information content (AvgIpc) is 2.08. The number of thiol groups is 1. The molecule has 1 rings (SSSR count). The molecule has 0 amide bonds. The van der Waals surface area contributed by atoms with Gasteiger partial charge in [0.05, 0.1) is 10.4 Å². The molecule has 0 aliphatic carbocycles. The summed E-state index contributed by atoms with van der Waals surface area (Å²) in [7, 11) is 0. The lowest BCUT2D eigenvalue weighted by atomic mass is 10.1. The summed E-state index contributed by atoms with van der Waals surface area (Å²) < 4.78 is 0.560. The molecule has 0 aromatic carbocycles. The van der Waals surface area contributed by atoms with Gasteiger partial charge >= 0.3 is 5.97 Å². The van der Waals surface area contributed by atoms with Gasteiger partial charge in [-0.3, -0.25) is 4.79 Å². The van der Waals surface area contributed by atoms with Crippen molar-refractivity contribution in [3.8, 4) is 0 Å². The summed E-state index contributed by atoms with van der Waals surface area (Å²) in [6.45, 7) is 1.59. The molecule has 1 atom stereocenters. The predicted octanol–water partition coefficient (Wildman–Crippen LogP) is 2.22. The van der Waals surface area contributed by atoms with E-state index < -0.39 is 11.9 Å². The van der Waals surface area contributed by atoms with Crippen LogP contribution in [0.4, 0.5) is 0 Å². The van der Waals surface area contributed by atoms with Gasteiger partial charge in [-0.05, 0) is 13.0 Å². The Labute approximate surface area is 86.2 Å². The molecule has 2 N–H and O–H groups in total. The van der Waals surface area contributed by atoms with Crippen LogP contribution in [0.1, 0.15) is 18.5 Å². The molecule has 0 spiro atoms. The van der Waals surface area contributed by atoms with E-state index in [9.17, 15) is 4.79 Å². The highest BCUT2D eigenvalue weighted by Gasteiger charge is 2.16. The van der Waals surface area contributed by atoms with E-state index in [0.717, 1.165) is 0 Å². The van der Waals surface area contributed by atoms with Gasteiger partial charge in [-0.1, -0.05) is 12.2 Å². The van der Waals surface area contributed by atoms with E-state index in [1.807, 2.05) is 0 Å². The van der Waals surface area contributed by atoms with Crippen LogP contribution in [0.2, 0.25) is 0 Å². The Morgan fingerprint density at radius 1 is 1.77 bits per heavy atom. The lowest BCUT2D eigenvalue weighted by molar-refractivity contribution is -0.138. The van der Waals surface area contributed by atoms with E-state index >= 15 is 0 Å². The number of hydrogen-bond donors (Lipinski definition) is 3. The topological polar surface area (TPSA) is 53.1 Å². The van der Waals surface area contributed by atoms with Crippen molar-refractivity contribution in [3.05, 3.63) is 22.5 Å². The van der Waals surface area contributed by atoms with Crippen molar-refractivity contribution >= 4 is 30.8 Å². The van der Waals surface area contributed by atoms with Crippen molar-refractivity contribution in [3.63, 3.8) is 0 Å². The first-order chi connectivity index (χ1) is 6.04. The third-order valence-corrected chi connectivity index (χ3v) is 2.74. The molecule has 0 radical (unpaired) electrons. The van der Waals surface area contributed by atoms with Crippen molar-refractivity contribution < 1.29 is 9.90 Å². The van der Waals surface area contributed by atoms with Gasteiger partial charge in [0, 0.05) is 16.8 Å². The number of H-pyrrole nitrogens is 1. The highest BCUT2D eigenvalue weighted by Crippen LogP contribution is 2.21. The average molecular weight is 215 g/mol. The fourth-order valence-electron chi connectivity index (χ4n) is 0.941. The Morgan fingerprint density at radius 3 is 2.92 bits per heavy atom. The molecule has 0 fully saturated rings. The van der Waals surface area contributed by atoms with Gasteiger partial charge in [-0.15, -0.1) is 12.6 Å². The number of nitrogens with one attached hydrogen (secondary N) is 1. The summed E-state index contributed by atoms with van der Waals surface area (Å²) in [4.78, 5) is 14.0. The van der Waals surface area contributed by atoms with Gasteiger partial charge in [-0.25, -0.2) is 0 Å². The SMILES string of the molecule is CC(C(=O)O)c1[nH]ccc(=S)c1S. The summed E-state index contributed by atoms with van der Waals surface area (Å²) in [6, 6.07) is 1.68. The number of aromatic amines is 1. The van der Waals surface area contributed by atoms with Crippen molar-refractivity contribution in [2.24, 2.45) is 0 Å². The van der Waals surface area contributed by atoms with Gasteiger partial charge in [0.2, 0.25) is 0 Å². The first-order valence-electron chi connectivity index (χ1n) is 3.67. The number of hydrogen-bond acceptors (Lipinski definition) is 3. The first kappa shape index (κ1) is 10.3. The Bertz CT molecular complexity index is 386. The molecule has 13 heavy (non-hydrogen) atoms. The smallest absolute Gasteiger partial charge is 0.312 e. The van der Waals surface area contributed by atoms with Crippen LogP contribution in [0.15, 0.2) is 17.2 Å². The van der Waals surface area contributed by atoms with Crippen molar-refractivity contribution in [2.75, 3.05) is 0 Å². The predicted molar refractivity (Wildman–Crippen MR) is 54.9 cm³/mol. The van der Waals surface area contributed by atoms with E-state index in [4.69, 9.17) is 17.3 Å². The second kappa shape index (κ2) is 3.93. The van der Waals surface area contributed by atoms with Crippen LogP contribution in [-0.2, 0) is 4.79 Å². The van der Waals surface area contributed by atoms with Crippen LogP contribution in [0.5, 0.6) is 0 Å². The first-order valence-corrected chi connectivity index (χ1v) is 4.53. The molecule has 0 aliphatic heterocycles. The zero-order valence-corrected chi connectivity index (χ0v) is 8.65. The maximum absolute atomic E-state index is 10.7. The van der Waals surface area contributed by atoms with Gasteiger partial charge in [0.15, 0.2) is 0 Å². The van der Waals surface area contributed by atoms with Crippen LogP contribution < -0.4 is 0 Å². The van der Waals surface area contributed by atoms with Crippen LogP contribution in [0.25, 0.3) is 0 Å². The Kier molecular flexibility index (Phi) is 3.11. The summed E-state index contributed by atoms with van der Waals surface area (Å²) >= 11 is 9.10. The standard InChI is InChI=1S/C8H9NO2S2/c1-4(8(10)11)6-7(13)5(12)2-3-9-6/h2-4,13H,1H3,(H,9,12)(H,10,11). The van der Waals surface area contributed by atoms with Gasteiger partial charge in [0.1, 0.15) is 0 Å². The molecule has 1 heterocycles. The molecular weight excluding hydrogens is 206 g/mol. The number of pyridine rings is 1. The van der Waals surface area contributed by atoms with Crippen LogP contribution >= 0.6 is 24.8 Å². The number of aliphatic carboxylic acids is 1. The van der Waals surface area contributed by atoms with E-state index in [2.05, 4.69) is 17.6 Å². The largest absolute Gasteiger partial charge is 0.481 e. The van der Waals surface area contributed by atoms with Crippen molar-refractivity contribution in [1.29, 1.82) is 0 Å². The van der Waals surface area contributed by atoms with Crippen molar-refractivity contribution in [2.45, 2.75) is 17.7 Å². The highest BCUT2D eigenvalue weighted by molar-refractivity contribution is 7.81. The van der Waals surface area contributed by atoms with Crippen molar-refractivity contribution in [1.82, 2.24) is 4.98 Å². The minimum absolute atomic E-state index is 0.535. The maximum atomic E-state index is 10.7. The highest BCUT2D eigenvalue weighted by atomic mass is 32.1. The Hall–Kier alpha value is -0.810. The summed E-state index contributed by atoms with van der Waals surface area (Å²) in [5.41, 5.74) is 0.545. The molecule has 1 aromatic rings. The van der Waals surface area contributed by atoms with Gasteiger partial charge < -0.3 is 10.1 Å². The van der Waals surface area contributed by atoms with E-state index in [-0.39, 0.29) is 0 Å². The molecule has 1 aromatic heterocycles. The summed E-state index contributed by atoms with van der Waals surface area (Å²) in [6.07, 6.45) is 1.62. The number of carboxylic acids is 1. The lowest BCUT2D eigenvalue weighted by Crippen LogP contribution is -2.10. The molecule has 70 valence electrons. The zero-order chi connectivity index (χ0) is 10.0. The fraction of sp³-hybridized carbons (Fsp3) is 0.250. The number of rotatable bonds is 2. The third kappa shape index (κ3) is 2.10. The van der Waals surface area contributed by atoms with Gasteiger partial charge in [-0.2, -0.15) is 0 Å². The molecule has 5 heteroatoms. The van der Waals surface area contributed by atoms with E-state index in [1.165, 1.54) is 0 Å². The van der Waals surface area contributed by atoms with Gasteiger partial charge in [0.25, 0.3) is 0 Å². The molecule has 3 nitrogen and oxygen atoms in total.